The first-order valence-electron chi connectivity index (χ1n) is 5.59. The average molecular weight is 278 g/mol. The summed E-state index contributed by atoms with van der Waals surface area (Å²) in [4.78, 5) is 11.2. The summed E-state index contributed by atoms with van der Waals surface area (Å²) in [6, 6.07) is 10.7. The Morgan fingerprint density at radius 2 is 2.16 bits per heavy atom. The number of aromatic nitrogens is 2. The van der Waals surface area contributed by atoms with E-state index in [-0.39, 0.29) is 5.69 Å². The van der Waals surface area contributed by atoms with Crippen molar-refractivity contribution >= 4 is 23.4 Å². The smallest absolute Gasteiger partial charge is 0.358 e. The molecule has 0 fully saturated rings. The van der Waals surface area contributed by atoms with Gasteiger partial charge in [-0.1, -0.05) is 23.7 Å². The van der Waals surface area contributed by atoms with E-state index in [1.165, 1.54) is 7.11 Å². The minimum atomic E-state index is -0.506. The molecule has 5 nitrogen and oxygen atoms in total. The van der Waals surface area contributed by atoms with Crippen LogP contribution in [0.3, 0.4) is 0 Å². The van der Waals surface area contributed by atoms with E-state index >= 15 is 0 Å². The number of carbonyl (C=O) groups is 1. The van der Waals surface area contributed by atoms with E-state index < -0.39 is 5.97 Å². The first-order chi connectivity index (χ1) is 9.19. The van der Waals surface area contributed by atoms with Crippen molar-refractivity contribution in [2.75, 3.05) is 12.4 Å². The largest absolute Gasteiger partial charge is 0.464 e. The van der Waals surface area contributed by atoms with Crippen LogP contribution < -0.4 is 5.32 Å². The minimum Gasteiger partial charge on any atom is -0.464 e. The Labute approximate surface area is 115 Å². The molecule has 0 aliphatic rings. The summed E-state index contributed by atoms with van der Waals surface area (Å²) in [6.45, 7) is 0.576. The van der Waals surface area contributed by atoms with Crippen LogP contribution in [0.15, 0.2) is 36.4 Å². The summed E-state index contributed by atoms with van der Waals surface area (Å²) >= 11 is 5.89. The number of methoxy groups -OCH3 is 1. The number of carbonyl (C=O) groups excluding carboxylic acids is 1. The molecule has 0 amide bonds. The molecule has 0 atom stereocenters. The monoisotopic (exact) mass is 277 g/mol. The predicted octanol–water partition coefficient (Wildman–Crippen LogP) is 2.53. The number of hydrogen-bond donors (Lipinski definition) is 1. The second-order valence-electron chi connectivity index (χ2n) is 3.78. The topological polar surface area (TPSA) is 64.1 Å². The van der Waals surface area contributed by atoms with Crippen molar-refractivity contribution in [1.29, 1.82) is 0 Å². The van der Waals surface area contributed by atoms with Gasteiger partial charge in [-0.05, 0) is 29.8 Å². The van der Waals surface area contributed by atoms with Crippen molar-refractivity contribution in [2.45, 2.75) is 6.54 Å². The molecule has 0 aliphatic carbocycles. The molecule has 0 aliphatic heterocycles. The highest BCUT2D eigenvalue weighted by molar-refractivity contribution is 6.30. The molecule has 0 bridgehead atoms. The van der Waals surface area contributed by atoms with E-state index in [0.29, 0.717) is 17.4 Å². The molecule has 0 saturated heterocycles. The molecule has 98 valence electrons. The Kier molecular flexibility index (Phi) is 4.30. The van der Waals surface area contributed by atoms with Crippen LogP contribution in [0.2, 0.25) is 5.02 Å². The van der Waals surface area contributed by atoms with Crippen molar-refractivity contribution in [3.8, 4) is 0 Å². The van der Waals surface area contributed by atoms with Gasteiger partial charge in [0.1, 0.15) is 5.82 Å². The van der Waals surface area contributed by atoms with Crippen molar-refractivity contribution in [1.82, 2.24) is 10.2 Å². The standard InChI is InChI=1S/C13H12ClN3O2/c1-19-13(18)11-5-6-12(17-16-11)15-8-9-3-2-4-10(14)7-9/h2-7H,8H2,1H3,(H,15,17). The minimum absolute atomic E-state index is 0.177. The fourth-order valence-electron chi connectivity index (χ4n) is 1.48. The molecule has 1 N–H and O–H groups in total. The molecule has 0 saturated carbocycles. The van der Waals surface area contributed by atoms with Gasteiger partial charge >= 0.3 is 5.97 Å². The molecule has 1 aromatic heterocycles. The van der Waals surface area contributed by atoms with Gasteiger partial charge in [-0.2, -0.15) is 0 Å². The number of halogens is 1. The second-order valence-corrected chi connectivity index (χ2v) is 4.22. The van der Waals surface area contributed by atoms with Gasteiger partial charge in [0.15, 0.2) is 5.69 Å². The lowest BCUT2D eigenvalue weighted by Gasteiger charge is -2.05. The van der Waals surface area contributed by atoms with Crippen LogP contribution in [0.5, 0.6) is 0 Å². The highest BCUT2D eigenvalue weighted by Crippen LogP contribution is 2.12. The Hall–Kier alpha value is -2.14. The fourth-order valence-corrected chi connectivity index (χ4v) is 1.69. The van der Waals surface area contributed by atoms with Crippen LogP contribution in [0.1, 0.15) is 16.1 Å². The predicted molar refractivity (Wildman–Crippen MR) is 72.2 cm³/mol. The second kappa shape index (κ2) is 6.15. The van der Waals surface area contributed by atoms with Crippen LogP contribution in [0.25, 0.3) is 0 Å². The third kappa shape index (κ3) is 3.66. The van der Waals surface area contributed by atoms with Gasteiger partial charge in [0.25, 0.3) is 0 Å². The van der Waals surface area contributed by atoms with E-state index in [4.69, 9.17) is 11.6 Å². The zero-order chi connectivity index (χ0) is 13.7. The molecule has 0 radical (unpaired) electrons. The Balaban J connectivity index is 1.98. The van der Waals surface area contributed by atoms with E-state index in [9.17, 15) is 4.79 Å². The molecule has 1 aromatic carbocycles. The zero-order valence-electron chi connectivity index (χ0n) is 10.3. The molecule has 2 aromatic rings. The Morgan fingerprint density at radius 3 is 2.79 bits per heavy atom. The summed E-state index contributed by atoms with van der Waals surface area (Å²) in [6.07, 6.45) is 0. The summed E-state index contributed by atoms with van der Waals surface area (Å²) in [5, 5.41) is 11.4. The lowest BCUT2D eigenvalue weighted by molar-refractivity contribution is 0.0593. The zero-order valence-corrected chi connectivity index (χ0v) is 11.0. The highest BCUT2D eigenvalue weighted by atomic mass is 35.5. The van der Waals surface area contributed by atoms with Gasteiger partial charge < -0.3 is 10.1 Å². The molecular formula is C13H12ClN3O2. The number of anilines is 1. The highest BCUT2D eigenvalue weighted by Gasteiger charge is 2.07. The Bertz CT molecular complexity index is 572. The van der Waals surface area contributed by atoms with Crippen molar-refractivity contribution in [3.05, 3.63) is 52.7 Å². The third-order valence-corrected chi connectivity index (χ3v) is 2.66. The fraction of sp³-hybridized carbons (Fsp3) is 0.154. The summed E-state index contributed by atoms with van der Waals surface area (Å²) in [7, 11) is 1.30. The summed E-state index contributed by atoms with van der Waals surface area (Å²) in [5.74, 6) is 0.0709. The van der Waals surface area contributed by atoms with Crippen molar-refractivity contribution < 1.29 is 9.53 Å². The number of esters is 1. The number of hydrogen-bond acceptors (Lipinski definition) is 5. The molecular weight excluding hydrogens is 266 g/mol. The lowest BCUT2D eigenvalue weighted by atomic mass is 10.2. The van der Waals surface area contributed by atoms with Crippen LogP contribution in [0.4, 0.5) is 5.82 Å². The van der Waals surface area contributed by atoms with Crippen molar-refractivity contribution in [3.63, 3.8) is 0 Å². The average Bonchev–Trinajstić information content (AvgIpc) is 2.45. The number of benzene rings is 1. The number of rotatable bonds is 4. The summed E-state index contributed by atoms with van der Waals surface area (Å²) in [5.41, 5.74) is 1.21. The molecule has 19 heavy (non-hydrogen) atoms. The van der Waals surface area contributed by atoms with Crippen LogP contribution in [-0.4, -0.2) is 23.3 Å². The SMILES string of the molecule is COC(=O)c1ccc(NCc2cccc(Cl)c2)nn1. The maximum Gasteiger partial charge on any atom is 0.358 e. The van der Waals surface area contributed by atoms with Crippen LogP contribution in [-0.2, 0) is 11.3 Å². The van der Waals surface area contributed by atoms with Gasteiger partial charge in [-0.25, -0.2) is 4.79 Å². The van der Waals surface area contributed by atoms with Crippen LogP contribution >= 0.6 is 11.6 Å². The number of nitrogens with zero attached hydrogens (tertiary/aromatic N) is 2. The van der Waals surface area contributed by atoms with E-state index in [0.717, 1.165) is 5.56 Å². The Morgan fingerprint density at radius 1 is 1.32 bits per heavy atom. The van der Waals surface area contributed by atoms with Gasteiger partial charge in [0.2, 0.25) is 0 Å². The molecule has 6 heteroatoms. The van der Waals surface area contributed by atoms with Crippen LogP contribution in [0, 0.1) is 0 Å². The quantitative estimate of drug-likeness (QED) is 0.870. The first kappa shape index (κ1) is 13.3. The van der Waals surface area contributed by atoms with Gasteiger partial charge in [0, 0.05) is 11.6 Å². The normalized spacial score (nSPS) is 10.0. The maximum atomic E-state index is 11.2. The third-order valence-electron chi connectivity index (χ3n) is 2.42. The van der Waals surface area contributed by atoms with E-state index in [1.807, 2.05) is 24.3 Å². The molecule has 0 spiro atoms. The van der Waals surface area contributed by atoms with Gasteiger partial charge in [-0.3, -0.25) is 0 Å². The van der Waals surface area contributed by atoms with Gasteiger partial charge in [-0.15, -0.1) is 10.2 Å². The molecule has 0 unspecified atom stereocenters. The summed E-state index contributed by atoms with van der Waals surface area (Å²) < 4.78 is 4.54. The first-order valence-corrected chi connectivity index (χ1v) is 5.97. The number of nitrogens with one attached hydrogen (secondary N) is 1. The number of ether oxygens (including phenoxy) is 1. The molecule has 2 rings (SSSR count). The van der Waals surface area contributed by atoms with Crippen molar-refractivity contribution in [2.24, 2.45) is 0 Å². The van der Waals surface area contributed by atoms with E-state index in [2.05, 4.69) is 20.3 Å². The maximum absolute atomic E-state index is 11.2. The lowest BCUT2D eigenvalue weighted by Crippen LogP contribution is -2.08. The van der Waals surface area contributed by atoms with E-state index in [1.54, 1.807) is 12.1 Å². The van der Waals surface area contributed by atoms with Gasteiger partial charge in [0.05, 0.1) is 7.11 Å². The molecule has 1 heterocycles.